The SMILES string of the molecule is CC1(C)c2ccccc2-c2ccc(N(c3ccc4c(c3)-c3ccc(-c5ccccc5)cc3C43C4CC5CC6CC3C564)c3ccc4c(c3)sc3ccccc34)cc21. The third kappa shape index (κ3) is 3.37. The zero-order valence-electron chi connectivity index (χ0n) is 31.7. The Morgan fingerprint density at radius 2 is 1.12 bits per heavy atom. The van der Waals surface area contributed by atoms with Crippen LogP contribution >= 0.6 is 11.3 Å². The van der Waals surface area contributed by atoms with Crippen LogP contribution in [0.3, 0.4) is 0 Å². The number of fused-ring (bicyclic) bond motifs is 13. The molecule has 6 aliphatic rings. The zero-order valence-corrected chi connectivity index (χ0v) is 32.5. The summed E-state index contributed by atoms with van der Waals surface area (Å²) in [7, 11) is 0. The smallest absolute Gasteiger partial charge is 0.0476 e. The summed E-state index contributed by atoms with van der Waals surface area (Å²) in [6.07, 6.45) is 4.32. The van der Waals surface area contributed by atoms with Crippen LogP contribution < -0.4 is 4.90 Å². The normalized spacial score (nSPS) is 27.2. The van der Waals surface area contributed by atoms with Gasteiger partial charge < -0.3 is 4.90 Å². The van der Waals surface area contributed by atoms with E-state index in [1.807, 2.05) is 11.3 Å². The molecule has 7 aromatic carbocycles. The number of nitrogens with zero attached hydrogens (tertiary/aromatic N) is 1. The van der Waals surface area contributed by atoms with E-state index in [0.29, 0.717) is 5.41 Å². The fourth-order valence-corrected chi connectivity index (χ4v) is 15.2. The molecule has 0 radical (unpaired) electrons. The minimum Gasteiger partial charge on any atom is -0.310 e. The van der Waals surface area contributed by atoms with Crippen LogP contribution in [0.4, 0.5) is 17.1 Å². The van der Waals surface area contributed by atoms with E-state index in [9.17, 15) is 0 Å². The Morgan fingerprint density at radius 3 is 1.98 bits per heavy atom. The van der Waals surface area contributed by atoms with Crippen LogP contribution in [0.1, 0.15) is 55.4 Å². The van der Waals surface area contributed by atoms with Gasteiger partial charge in [-0.1, -0.05) is 117 Å². The number of hydrogen-bond donors (Lipinski definition) is 0. The molecule has 4 unspecified atom stereocenters. The summed E-state index contributed by atoms with van der Waals surface area (Å²) < 4.78 is 2.68. The van der Waals surface area contributed by atoms with Gasteiger partial charge in [-0.25, -0.2) is 0 Å². The quantitative estimate of drug-likeness (QED) is 0.174. The Hall–Kier alpha value is -5.44. The van der Waals surface area contributed by atoms with Crippen LogP contribution in [0.25, 0.3) is 53.6 Å². The number of thiophene rings is 1. The molecule has 2 heteroatoms. The van der Waals surface area contributed by atoms with Gasteiger partial charge in [0.05, 0.1) is 0 Å². The van der Waals surface area contributed by atoms with Gasteiger partial charge in [0.25, 0.3) is 0 Å². The average Bonchev–Trinajstić information content (AvgIpc) is 3.80. The van der Waals surface area contributed by atoms with Crippen molar-refractivity contribution in [3.05, 3.63) is 174 Å². The Morgan fingerprint density at radius 1 is 0.464 bits per heavy atom. The summed E-state index contributed by atoms with van der Waals surface area (Å²) in [6.45, 7) is 4.79. The second-order valence-corrected chi connectivity index (χ2v) is 19.5. The lowest BCUT2D eigenvalue weighted by Gasteiger charge is -2.92. The van der Waals surface area contributed by atoms with Gasteiger partial charge in [-0.3, -0.25) is 0 Å². The van der Waals surface area contributed by atoms with E-state index in [1.165, 1.54) is 101 Å². The van der Waals surface area contributed by atoms with E-state index in [0.717, 1.165) is 23.7 Å². The standard InChI is InChI=1S/C54H41NS/c1-52(2)44-14-8-6-12-38(44)39-21-17-36(29-46(39)52)55(37-18-22-42-41-13-7-9-15-48(41)56-49(42)30-37)35-19-23-45-43(28-35)40-20-16-32(31-10-4-3-5-11-31)24-47(40)54(45)50-26-33-25-34-27-51(54)53(33,34)50/h3-24,28-30,33-34,50-51H,25-27H2,1-2H3. The molecule has 0 saturated heterocycles. The maximum absolute atomic E-state index is 2.62. The van der Waals surface area contributed by atoms with Crippen molar-refractivity contribution in [2.24, 2.45) is 29.1 Å². The number of anilines is 3. The maximum atomic E-state index is 2.62. The van der Waals surface area contributed by atoms with Crippen LogP contribution in [0, 0.1) is 29.1 Å². The van der Waals surface area contributed by atoms with Crippen LogP contribution in [0.15, 0.2) is 152 Å². The molecule has 56 heavy (non-hydrogen) atoms. The van der Waals surface area contributed by atoms with Gasteiger partial charge in [-0.05, 0) is 153 Å². The molecule has 0 N–H and O–H groups in total. The van der Waals surface area contributed by atoms with E-state index in [2.05, 4.69) is 170 Å². The van der Waals surface area contributed by atoms with Crippen molar-refractivity contribution >= 4 is 48.6 Å². The lowest BCUT2D eigenvalue weighted by Crippen LogP contribution is -2.88. The van der Waals surface area contributed by atoms with E-state index in [-0.39, 0.29) is 10.8 Å². The monoisotopic (exact) mass is 735 g/mol. The summed E-state index contributed by atoms with van der Waals surface area (Å²) in [6, 6.07) is 58.5. The molecule has 0 aliphatic heterocycles. The summed E-state index contributed by atoms with van der Waals surface area (Å²) in [5.74, 6) is 3.56. The topological polar surface area (TPSA) is 3.24 Å². The van der Waals surface area contributed by atoms with Gasteiger partial charge >= 0.3 is 0 Å². The molecular weight excluding hydrogens is 695 g/mol. The van der Waals surface area contributed by atoms with Crippen LogP contribution in [0.2, 0.25) is 0 Å². The average molecular weight is 736 g/mol. The molecule has 8 aromatic rings. The first-order valence-corrected chi connectivity index (χ1v) is 21.6. The summed E-state index contributed by atoms with van der Waals surface area (Å²) in [5, 5.41) is 2.68. The minimum absolute atomic E-state index is 0.0777. The van der Waals surface area contributed by atoms with Gasteiger partial charge in [-0.15, -0.1) is 11.3 Å². The molecule has 4 saturated carbocycles. The van der Waals surface area contributed by atoms with Crippen molar-refractivity contribution in [2.75, 3.05) is 4.90 Å². The first kappa shape index (κ1) is 30.7. The lowest BCUT2D eigenvalue weighted by molar-refractivity contribution is -0.412. The van der Waals surface area contributed by atoms with Crippen molar-refractivity contribution in [3.63, 3.8) is 0 Å². The predicted molar refractivity (Wildman–Crippen MR) is 233 cm³/mol. The molecule has 1 heterocycles. The summed E-state index contributed by atoms with van der Waals surface area (Å²) in [5.41, 5.74) is 18.8. The molecule has 1 nitrogen and oxygen atoms in total. The van der Waals surface area contributed by atoms with Crippen molar-refractivity contribution in [1.82, 2.24) is 0 Å². The Bertz CT molecular complexity index is 3020. The molecule has 0 bridgehead atoms. The van der Waals surface area contributed by atoms with Crippen molar-refractivity contribution in [1.29, 1.82) is 0 Å². The molecular formula is C54H41NS. The Labute approximate surface area is 332 Å². The fourth-order valence-electron chi connectivity index (χ4n) is 14.1. The first-order chi connectivity index (χ1) is 27.5. The van der Waals surface area contributed by atoms with E-state index in [4.69, 9.17) is 0 Å². The maximum Gasteiger partial charge on any atom is 0.0476 e. The third-order valence-electron chi connectivity index (χ3n) is 16.3. The van der Waals surface area contributed by atoms with Gasteiger partial charge in [0.15, 0.2) is 0 Å². The fraction of sp³-hybridized carbons (Fsp3) is 0.222. The van der Waals surface area contributed by atoms with Gasteiger partial charge in [0.2, 0.25) is 0 Å². The predicted octanol–water partition coefficient (Wildman–Crippen LogP) is 14.4. The van der Waals surface area contributed by atoms with Gasteiger partial charge in [0.1, 0.15) is 0 Å². The van der Waals surface area contributed by atoms with Crippen LogP contribution in [-0.2, 0) is 10.8 Å². The Kier molecular flexibility index (Phi) is 5.54. The number of benzene rings is 7. The molecule has 1 aromatic heterocycles. The Balaban J connectivity index is 0.978. The van der Waals surface area contributed by atoms with Crippen LogP contribution in [-0.4, -0.2) is 0 Å². The molecule has 2 spiro atoms. The second-order valence-electron chi connectivity index (χ2n) is 18.4. The third-order valence-corrected chi connectivity index (χ3v) is 17.5. The number of rotatable bonds is 4. The minimum atomic E-state index is -0.0777. The zero-order chi connectivity index (χ0) is 36.7. The largest absolute Gasteiger partial charge is 0.310 e. The summed E-state index contributed by atoms with van der Waals surface area (Å²) in [4.78, 5) is 2.55. The highest BCUT2D eigenvalue weighted by atomic mass is 32.1. The molecule has 6 aliphatic carbocycles. The molecule has 4 fully saturated rings. The highest BCUT2D eigenvalue weighted by Gasteiger charge is 2.90. The lowest BCUT2D eigenvalue weighted by atomic mass is 9.11. The summed E-state index contributed by atoms with van der Waals surface area (Å²) >= 11 is 1.91. The molecule has 14 rings (SSSR count). The van der Waals surface area contributed by atoms with E-state index >= 15 is 0 Å². The molecule has 0 amide bonds. The second kappa shape index (κ2) is 10.1. The molecule has 268 valence electrons. The highest BCUT2D eigenvalue weighted by Crippen LogP contribution is 2.95. The van der Waals surface area contributed by atoms with Crippen molar-refractivity contribution in [3.8, 4) is 33.4 Å². The van der Waals surface area contributed by atoms with Gasteiger partial charge in [0, 0.05) is 48.1 Å². The highest BCUT2D eigenvalue weighted by molar-refractivity contribution is 7.25. The van der Waals surface area contributed by atoms with E-state index in [1.54, 1.807) is 11.1 Å². The number of hydrogen-bond acceptors (Lipinski definition) is 2. The van der Waals surface area contributed by atoms with Gasteiger partial charge in [-0.2, -0.15) is 0 Å². The van der Waals surface area contributed by atoms with E-state index < -0.39 is 0 Å². The van der Waals surface area contributed by atoms with Crippen molar-refractivity contribution in [2.45, 2.75) is 43.9 Å². The molecule has 4 atom stereocenters. The van der Waals surface area contributed by atoms with Crippen molar-refractivity contribution < 1.29 is 0 Å². The van der Waals surface area contributed by atoms with Crippen LogP contribution in [0.5, 0.6) is 0 Å². The first-order valence-electron chi connectivity index (χ1n) is 20.8.